The van der Waals surface area contributed by atoms with Crippen LogP contribution in [0, 0.1) is 17.3 Å². The van der Waals surface area contributed by atoms with E-state index >= 15 is 0 Å². The summed E-state index contributed by atoms with van der Waals surface area (Å²) in [5.74, 6) is 1.56. The first-order valence-corrected chi connectivity index (χ1v) is 9.82. The van der Waals surface area contributed by atoms with Crippen molar-refractivity contribution in [2.75, 3.05) is 12.3 Å². The molecule has 0 aromatic heterocycles. The fraction of sp³-hybridized carbons (Fsp3) is 0.435. The van der Waals surface area contributed by atoms with Gasteiger partial charge >= 0.3 is 0 Å². The van der Waals surface area contributed by atoms with Crippen molar-refractivity contribution < 1.29 is 4.79 Å². The highest BCUT2D eigenvalue weighted by Crippen LogP contribution is 2.57. The van der Waals surface area contributed by atoms with E-state index in [2.05, 4.69) is 29.6 Å². The standard InChI is InChI=1S/C23H28N2O/c24-21-10-7-17(8-11-21)12-13-25-22(26)23(15-18-4-2-1-3-5-18)16-19-6-9-20(23)14-19/h1-5,7-8,10-11,19-20H,6,9,12-16,24H2,(H,25,26). The fourth-order valence-corrected chi connectivity index (χ4v) is 5.16. The average molecular weight is 348 g/mol. The largest absolute Gasteiger partial charge is 0.399 e. The van der Waals surface area contributed by atoms with Gasteiger partial charge in [0.15, 0.2) is 0 Å². The number of nitrogens with two attached hydrogens (primary N) is 1. The van der Waals surface area contributed by atoms with Crippen LogP contribution in [0.3, 0.4) is 0 Å². The summed E-state index contributed by atoms with van der Waals surface area (Å²) in [6.45, 7) is 0.691. The molecule has 2 fully saturated rings. The van der Waals surface area contributed by atoms with E-state index in [-0.39, 0.29) is 11.3 Å². The molecule has 2 saturated carbocycles. The highest BCUT2D eigenvalue weighted by molar-refractivity contribution is 5.84. The lowest BCUT2D eigenvalue weighted by molar-refractivity contribution is -0.134. The van der Waals surface area contributed by atoms with Crippen molar-refractivity contribution in [3.63, 3.8) is 0 Å². The summed E-state index contributed by atoms with van der Waals surface area (Å²) < 4.78 is 0. The molecule has 1 amide bonds. The van der Waals surface area contributed by atoms with Crippen LogP contribution in [0.5, 0.6) is 0 Å². The van der Waals surface area contributed by atoms with Crippen molar-refractivity contribution in [3.8, 4) is 0 Å². The maximum absolute atomic E-state index is 13.3. The predicted octanol–water partition coefficient (Wildman–Crippen LogP) is 3.98. The average Bonchev–Trinajstić information content (AvgIpc) is 3.26. The Balaban J connectivity index is 1.44. The van der Waals surface area contributed by atoms with Gasteiger partial charge in [-0.3, -0.25) is 4.79 Å². The number of hydrogen-bond donors (Lipinski definition) is 2. The van der Waals surface area contributed by atoms with Gasteiger partial charge in [-0.2, -0.15) is 0 Å². The highest BCUT2D eigenvalue weighted by atomic mass is 16.2. The maximum Gasteiger partial charge on any atom is 0.226 e. The second-order valence-electron chi connectivity index (χ2n) is 8.15. The van der Waals surface area contributed by atoms with E-state index in [4.69, 9.17) is 5.73 Å². The third-order valence-electron chi connectivity index (χ3n) is 6.47. The van der Waals surface area contributed by atoms with E-state index in [1.165, 1.54) is 30.4 Å². The van der Waals surface area contributed by atoms with Crippen molar-refractivity contribution in [3.05, 3.63) is 65.7 Å². The van der Waals surface area contributed by atoms with E-state index in [0.717, 1.165) is 30.9 Å². The van der Waals surface area contributed by atoms with Crippen LogP contribution in [0.4, 0.5) is 5.69 Å². The van der Waals surface area contributed by atoms with Crippen LogP contribution >= 0.6 is 0 Å². The van der Waals surface area contributed by atoms with Gasteiger partial charge in [-0.25, -0.2) is 0 Å². The SMILES string of the molecule is Nc1ccc(CCNC(=O)C2(Cc3ccccc3)CC3CCC2C3)cc1. The topological polar surface area (TPSA) is 55.1 Å². The summed E-state index contributed by atoms with van der Waals surface area (Å²) >= 11 is 0. The lowest BCUT2D eigenvalue weighted by Gasteiger charge is -2.36. The van der Waals surface area contributed by atoms with Gasteiger partial charge in [-0.05, 0) is 67.2 Å². The molecule has 2 bridgehead atoms. The Morgan fingerprint density at radius 3 is 2.46 bits per heavy atom. The zero-order valence-electron chi connectivity index (χ0n) is 15.3. The van der Waals surface area contributed by atoms with Gasteiger partial charge in [0.1, 0.15) is 0 Å². The number of anilines is 1. The fourth-order valence-electron chi connectivity index (χ4n) is 5.16. The van der Waals surface area contributed by atoms with E-state index in [1.54, 1.807) is 0 Å². The van der Waals surface area contributed by atoms with Crippen LogP contribution in [0.2, 0.25) is 0 Å². The molecule has 2 aliphatic carbocycles. The number of fused-ring (bicyclic) bond motifs is 2. The van der Waals surface area contributed by atoms with Crippen molar-refractivity contribution in [2.24, 2.45) is 17.3 Å². The van der Waals surface area contributed by atoms with E-state index < -0.39 is 0 Å². The Morgan fingerprint density at radius 1 is 1.04 bits per heavy atom. The van der Waals surface area contributed by atoms with Crippen LogP contribution in [-0.2, 0) is 17.6 Å². The molecule has 3 nitrogen and oxygen atoms in total. The smallest absolute Gasteiger partial charge is 0.226 e. The first-order valence-electron chi connectivity index (χ1n) is 9.82. The van der Waals surface area contributed by atoms with Gasteiger partial charge < -0.3 is 11.1 Å². The lowest BCUT2D eigenvalue weighted by Crippen LogP contribution is -2.46. The second-order valence-corrected chi connectivity index (χ2v) is 8.15. The van der Waals surface area contributed by atoms with Gasteiger partial charge in [-0.1, -0.05) is 48.9 Å². The third-order valence-corrected chi connectivity index (χ3v) is 6.47. The zero-order valence-corrected chi connectivity index (χ0v) is 15.3. The number of carbonyl (C=O) groups excluding carboxylic acids is 1. The molecule has 2 aromatic carbocycles. The number of carbonyl (C=O) groups is 1. The minimum absolute atomic E-state index is 0.203. The summed E-state index contributed by atoms with van der Waals surface area (Å²) in [5.41, 5.74) is 8.82. The quantitative estimate of drug-likeness (QED) is 0.776. The monoisotopic (exact) mass is 348 g/mol. The molecule has 4 rings (SSSR count). The Bertz CT molecular complexity index is 756. The molecule has 2 aromatic rings. The van der Waals surface area contributed by atoms with Gasteiger partial charge in [-0.15, -0.1) is 0 Å². The number of nitrogens with one attached hydrogen (secondary N) is 1. The number of rotatable bonds is 6. The maximum atomic E-state index is 13.3. The molecular weight excluding hydrogens is 320 g/mol. The highest BCUT2D eigenvalue weighted by Gasteiger charge is 2.55. The minimum atomic E-state index is -0.203. The Morgan fingerprint density at radius 2 is 1.81 bits per heavy atom. The lowest BCUT2D eigenvalue weighted by atomic mass is 9.68. The van der Waals surface area contributed by atoms with Crippen molar-refractivity contribution in [1.82, 2.24) is 5.32 Å². The molecule has 3 atom stereocenters. The molecule has 0 aliphatic heterocycles. The molecule has 0 heterocycles. The van der Waals surface area contributed by atoms with Crippen LogP contribution in [-0.4, -0.2) is 12.5 Å². The first kappa shape index (κ1) is 17.1. The summed E-state index contributed by atoms with van der Waals surface area (Å²) in [7, 11) is 0. The molecule has 3 heteroatoms. The van der Waals surface area contributed by atoms with E-state index in [1.807, 2.05) is 30.3 Å². The number of benzene rings is 2. The van der Waals surface area contributed by atoms with Crippen LogP contribution < -0.4 is 11.1 Å². The van der Waals surface area contributed by atoms with Gasteiger partial charge in [0, 0.05) is 12.2 Å². The van der Waals surface area contributed by atoms with Gasteiger partial charge in [0.25, 0.3) is 0 Å². The number of nitrogen functional groups attached to an aromatic ring is 1. The molecule has 26 heavy (non-hydrogen) atoms. The van der Waals surface area contributed by atoms with Crippen molar-refractivity contribution >= 4 is 11.6 Å². The molecule has 0 radical (unpaired) electrons. The summed E-state index contributed by atoms with van der Waals surface area (Å²) in [4.78, 5) is 13.3. The van der Waals surface area contributed by atoms with Crippen LogP contribution in [0.25, 0.3) is 0 Å². The molecule has 136 valence electrons. The first-order chi connectivity index (χ1) is 12.7. The van der Waals surface area contributed by atoms with Crippen LogP contribution in [0.15, 0.2) is 54.6 Å². The van der Waals surface area contributed by atoms with Crippen LogP contribution in [0.1, 0.15) is 36.8 Å². The third kappa shape index (κ3) is 3.35. The van der Waals surface area contributed by atoms with Crippen molar-refractivity contribution in [2.45, 2.75) is 38.5 Å². The number of amides is 1. The Hall–Kier alpha value is -2.29. The second kappa shape index (κ2) is 7.14. The van der Waals surface area contributed by atoms with Crippen molar-refractivity contribution in [1.29, 1.82) is 0 Å². The van der Waals surface area contributed by atoms with E-state index in [9.17, 15) is 4.79 Å². The zero-order chi connectivity index (χ0) is 18.0. The van der Waals surface area contributed by atoms with Gasteiger partial charge in [0.05, 0.1) is 5.41 Å². The molecule has 2 aliphatic rings. The molecule has 3 unspecified atom stereocenters. The summed E-state index contributed by atoms with van der Waals surface area (Å²) in [6.07, 6.45) is 6.53. The summed E-state index contributed by atoms with van der Waals surface area (Å²) in [5, 5.41) is 3.26. The Kier molecular flexibility index (Phi) is 4.71. The molecule has 3 N–H and O–H groups in total. The normalized spacial score (nSPS) is 26.8. The molecule has 0 spiro atoms. The van der Waals surface area contributed by atoms with Gasteiger partial charge in [0.2, 0.25) is 5.91 Å². The molecular formula is C23H28N2O. The van der Waals surface area contributed by atoms with E-state index in [0.29, 0.717) is 12.5 Å². The Labute approximate surface area is 156 Å². The minimum Gasteiger partial charge on any atom is -0.399 e. The number of hydrogen-bond acceptors (Lipinski definition) is 2. The molecule has 0 saturated heterocycles. The summed E-state index contributed by atoms with van der Waals surface area (Å²) in [6, 6.07) is 18.4. The predicted molar refractivity (Wildman–Crippen MR) is 106 cm³/mol.